The van der Waals surface area contributed by atoms with E-state index in [-0.39, 0.29) is 23.5 Å². The van der Waals surface area contributed by atoms with Crippen molar-refractivity contribution in [2.75, 3.05) is 0 Å². The lowest BCUT2D eigenvalue weighted by atomic mass is 10.1. The maximum absolute atomic E-state index is 5.34. The minimum Gasteiger partial charge on any atom is -0.296 e. The Labute approximate surface area is 76.1 Å². The minimum absolute atomic E-state index is 0. The summed E-state index contributed by atoms with van der Waals surface area (Å²) < 4.78 is 0. The van der Waals surface area contributed by atoms with Gasteiger partial charge < -0.3 is 0 Å². The van der Waals surface area contributed by atoms with Crippen LogP contribution in [0.5, 0.6) is 0 Å². The van der Waals surface area contributed by atoms with Crippen LogP contribution >= 0.6 is 12.4 Å². The van der Waals surface area contributed by atoms with E-state index in [1.807, 2.05) is 20.8 Å². The lowest BCUT2D eigenvalue weighted by Gasteiger charge is -2.27. The summed E-state index contributed by atoms with van der Waals surface area (Å²) in [5, 5.41) is 0. The van der Waals surface area contributed by atoms with Crippen LogP contribution in [0.15, 0.2) is 0 Å². The fourth-order valence-corrected chi connectivity index (χ4v) is 0.306. The maximum atomic E-state index is 5.34. The Kier molecular flexibility index (Phi) is 5.37. The molecule has 0 saturated carbocycles. The van der Waals surface area contributed by atoms with Gasteiger partial charge in [0.05, 0.1) is 5.60 Å². The van der Waals surface area contributed by atoms with Crippen molar-refractivity contribution in [1.29, 1.82) is 0 Å². The predicted molar refractivity (Wildman–Crippen MR) is 51.0 cm³/mol. The molecule has 0 aromatic carbocycles. The molecular weight excluding hydrogens is 162 g/mol. The third-order valence-corrected chi connectivity index (χ3v) is 0.663. The topological polar surface area (TPSA) is 21.3 Å². The number of rotatable bonds is 1. The third-order valence-electron chi connectivity index (χ3n) is 0.663. The van der Waals surface area contributed by atoms with E-state index in [2.05, 4.69) is 26.3 Å². The van der Waals surface area contributed by atoms with Gasteiger partial charge in [-0.3, -0.25) is 4.84 Å². The molecule has 0 amide bonds. The van der Waals surface area contributed by atoms with Crippen molar-refractivity contribution in [3.8, 4) is 0 Å². The van der Waals surface area contributed by atoms with E-state index in [4.69, 9.17) is 4.84 Å². The SMILES string of the molecule is CC(C)(C)NOC(C)(C)C.Cl. The highest BCUT2D eigenvalue weighted by molar-refractivity contribution is 5.85. The molecule has 0 aliphatic heterocycles. The molecular formula is C8H20ClNO. The van der Waals surface area contributed by atoms with E-state index in [1.54, 1.807) is 0 Å². The predicted octanol–water partition coefficient (Wildman–Crippen LogP) is 2.53. The molecule has 2 nitrogen and oxygen atoms in total. The monoisotopic (exact) mass is 181 g/mol. The molecule has 0 bridgehead atoms. The second kappa shape index (κ2) is 4.29. The molecule has 1 N–H and O–H groups in total. The summed E-state index contributed by atoms with van der Waals surface area (Å²) in [5.41, 5.74) is 2.89. The average molecular weight is 182 g/mol. The average Bonchev–Trinajstić information content (AvgIpc) is 1.57. The maximum Gasteiger partial charge on any atom is 0.0813 e. The first kappa shape index (κ1) is 13.8. The number of hydrogen-bond acceptors (Lipinski definition) is 2. The Balaban J connectivity index is 0. The smallest absolute Gasteiger partial charge is 0.0813 e. The van der Waals surface area contributed by atoms with Crippen molar-refractivity contribution in [1.82, 2.24) is 5.48 Å². The Morgan fingerprint density at radius 3 is 1.36 bits per heavy atom. The minimum atomic E-state index is -0.104. The van der Waals surface area contributed by atoms with E-state index in [9.17, 15) is 0 Å². The summed E-state index contributed by atoms with van der Waals surface area (Å²) in [4.78, 5) is 5.34. The van der Waals surface area contributed by atoms with Gasteiger partial charge in [0.1, 0.15) is 0 Å². The molecule has 0 fully saturated rings. The lowest BCUT2D eigenvalue weighted by Crippen LogP contribution is -2.41. The van der Waals surface area contributed by atoms with Gasteiger partial charge in [0.15, 0.2) is 0 Å². The van der Waals surface area contributed by atoms with Crippen LogP contribution < -0.4 is 5.48 Å². The van der Waals surface area contributed by atoms with Crippen LogP contribution in [0.2, 0.25) is 0 Å². The molecule has 0 atom stereocenters. The summed E-state index contributed by atoms with van der Waals surface area (Å²) in [5.74, 6) is 0. The summed E-state index contributed by atoms with van der Waals surface area (Å²) in [7, 11) is 0. The molecule has 0 aromatic heterocycles. The number of hydroxylamine groups is 1. The van der Waals surface area contributed by atoms with Gasteiger partial charge in [0.2, 0.25) is 0 Å². The van der Waals surface area contributed by atoms with Crippen molar-refractivity contribution in [3.05, 3.63) is 0 Å². The van der Waals surface area contributed by atoms with Gasteiger partial charge in [-0.1, -0.05) is 0 Å². The van der Waals surface area contributed by atoms with Gasteiger partial charge in [-0.2, -0.15) is 5.48 Å². The fraction of sp³-hybridized carbons (Fsp3) is 1.00. The van der Waals surface area contributed by atoms with Crippen LogP contribution in [0, 0.1) is 0 Å². The number of nitrogens with one attached hydrogen (secondary N) is 1. The van der Waals surface area contributed by atoms with Crippen LogP contribution in [0.4, 0.5) is 0 Å². The zero-order chi connectivity index (χ0) is 8.41. The lowest BCUT2D eigenvalue weighted by molar-refractivity contribution is -0.102. The van der Waals surface area contributed by atoms with Gasteiger partial charge in [-0.15, -0.1) is 12.4 Å². The normalized spacial score (nSPS) is 12.5. The molecule has 0 unspecified atom stereocenters. The second-order valence-corrected chi connectivity index (χ2v) is 4.57. The third kappa shape index (κ3) is 13.2. The molecule has 0 aliphatic carbocycles. The molecule has 0 heterocycles. The first-order valence-electron chi connectivity index (χ1n) is 3.66. The zero-order valence-corrected chi connectivity index (χ0v) is 9.13. The standard InChI is InChI=1S/C8H19NO.ClH/c1-7(2,3)9-10-8(4,5)6;/h9H,1-6H3;1H. The van der Waals surface area contributed by atoms with Crippen molar-refractivity contribution in [2.24, 2.45) is 0 Å². The van der Waals surface area contributed by atoms with Gasteiger partial charge in [0, 0.05) is 5.54 Å². The summed E-state index contributed by atoms with van der Waals surface area (Å²) >= 11 is 0. The molecule has 0 spiro atoms. The van der Waals surface area contributed by atoms with Crippen LogP contribution in [-0.4, -0.2) is 11.1 Å². The molecule has 11 heavy (non-hydrogen) atoms. The first-order valence-corrected chi connectivity index (χ1v) is 3.66. The highest BCUT2D eigenvalue weighted by Crippen LogP contribution is 2.07. The molecule has 0 rings (SSSR count). The molecule has 3 heteroatoms. The molecule has 70 valence electrons. The van der Waals surface area contributed by atoms with Crippen molar-refractivity contribution < 1.29 is 4.84 Å². The van der Waals surface area contributed by atoms with E-state index in [1.165, 1.54) is 0 Å². The zero-order valence-electron chi connectivity index (χ0n) is 8.32. The fourth-order valence-electron chi connectivity index (χ4n) is 0.306. The van der Waals surface area contributed by atoms with Crippen LogP contribution in [0.25, 0.3) is 0 Å². The Hall–Kier alpha value is 0.210. The highest BCUT2D eigenvalue weighted by atomic mass is 35.5. The number of halogens is 1. The van der Waals surface area contributed by atoms with Crippen LogP contribution in [0.1, 0.15) is 41.5 Å². The van der Waals surface area contributed by atoms with E-state index in [0.29, 0.717) is 0 Å². The van der Waals surface area contributed by atoms with Crippen LogP contribution in [-0.2, 0) is 4.84 Å². The Bertz CT molecular complexity index is 87.6. The molecule has 0 aromatic rings. The molecule has 0 aliphatic rings. The highest BCUT2D eigenvalue weighted by Gasteiger charge is 2.15. The van der Waals surface area contributed by atoms with Gasteiger partial charge in [0.25, 0.3) is 0 Å². The summed E-state index contributed by atoms with van der Waals surface area (Å²) in [6, 6.07) is 0. The second-order valence-electron chi connectivity index (χ2n) is 4.57. The van der Waals surface area contributed by atoms with Crippen LogP contribution in [0.3, 0.4) is 0 Å². The molecule has 0 saturated heterocycles. The van der Waals surface area contributed by atoms with Gasteiger partial charge in [-0.05, 0) is 41.5 Å². The van der Waals surface area contributed by atoms with Crippen molar-refractivity contribution >= 4 is 12.4 Å². The van der Waals surface area contributed by atoms with Crippen molar-refractivity contribution in [2.45, 2.75) is 52.7 Å². The summed E-state index contributed by atoms with van der Waals surface area (Å²) in [6.07, 6.45) is 0. The van der Waals surface area contributed by atoms with E-state index >= 15 is 0 Å². The van der Waals surface area contributed by atoms with E-state index in [0.717, 1.165) is 0 Å². The van der Waals surface area contributed by atoms with Gasteiger partial charge in [-0.25, -0.2) is 0 Å². The summed E-state index contributed by atoms with van der Waals surface area (Å²) in [6.45, 7) is 12.3. The Morgan fingerprint density at radius 1 is 0.909 bits per heavy atom. The first-order chi connectivity index (χ1) is 4.21. The van der Waals surface area contributed by atoms with E-state index < -0.39 is 0 Å². The largest absolute Gasteiger partial charge is 0.296 e. The number of hydrogen-bond donors (Lipinski definition) is 1. The quantitative estimate of drug-likeness (QED) is 0.628. The Morgan fingerprint density at radius 2 is 1.27 bits per heavy atom. The molecule has 0 radical (unpaired) electrons. The van der Waals surface area contributed by atoms with Gasteiger partial charge >= 0.3 is 0 Å². The van der Waals surface area contributed by atoms with Crippen molar-refractivity contribution in [3.63, 3.8) is 0 Å².